The first-order valence-corrected chi connectivity index (χ1v) is 12.2. The van der Waals surface area contributed by atoms with Gasteiger partial charge in [0, 0.05) is 19.1 Å². The summed E-state index contributed by atoms with van der Waals surface area (Å²) >= 11 is 0. The van der Waals surface area contributed by atoms with Gasteiger partial charge < -0.3 is 0 Å². The quantitative estimate of drug-likeness (QED) is 0.803. The van der Waals surface area contributed by atoms with Gasteiger partial charge in [0.05, 0.1) is 9.79 Å². The summed E-state index contributed by atoms with van der Waals surface area (Å²) in [5.74, 6) is 0. The van der Waals surface area contributed by atoms with Crippen molar-refractivity contribution < 1.29 is 16.8 Å². The zero-order valence-corrected chi connectivity index (χ0v) is 18.0. The van der Waals surface area contributed by atoms with E-state index in [0.29, 0.717) is 12.8 Å². The van der Waals surface area contributed by atoms with E-state index in [1.165, 1.54) is 4.31 Å². The Morgan fingerprint density at radius 1 is 0.821 bits per heavy atom. The molecular weight excluding hydrogens is 396 g/mol. The highest BCUT2D eigenvalue weighted by molar-refractivity contribution is 7.89. The van der Waals surface area contributed by atoms with E-state index in [4.69, 9.17) is 0 Å². The van der Waals surface area contributed by atoms with Crippen LogP contribution in [-0.4, -0.2) is 40.3 Å². The van der Waals surface area contributed by atoms with Crippen molar-refractivity contribution in [3.63, 3.8) is 0 Å². The van der Waals surface area contributed by atoms with Gasteiger partial charge in [-0.1, -0.05) is 23.8 Å². The van der Waals surface area contributed by atoms with Gasteiger partial charge in [-0.25, -0.2) is 21.6 Å². The van der Waals surface area contributed by atoms with Gasteiger partial charge in [0.1, 0.15) is 0 Å². The van der Waals surface area contributed by atoms with Gasteiger partial charge in [0.2, 0.25) is 20.0 Å². The summed E-state index contributed by atoms with van der Waals surface area (Å²) in [5.41, 5.74) is 2.95. The largest absolute Gasteiger partial charge is 0.243 e. The zero-order chi connectivity index (χ0) is 20.5. The lowest BCUT2D eigenvalue weighted by atomic mass is 10.1. The van der Waals surface area contributed by atoms with Crippen LogP contribution in [0.2, 0.25) is 0 Å². The van der Waals surface area contributed by atoms with Crippen LogP contribution in [0.4, 0.5) is 0 Å². The van der Waals surface area contributed by atoms with Gasteiger partial charge >= 0.3 is 0 Å². The van der Waals surface area contributed by atoms with Gasteiger partial charge in [0.25, 0.3) is 0 Å². The maximum absolute atomic E-state index is 12.8. The van der Waals surface area contributed by atoms with E-state index in [1.54, 1.807) is 42.5 Å². The van der Waals surface area contributed by atoms with Gasteiger partial charge in [-0.05, 0) is 69.0 Å². The molecule has 1 N–H and O–H groups in total. The third-order valence-corrected chi connectivity index (χ3v) is 8.65. The van der Waals surface area contributed by atoms with Crippen molar-refractivity contribution in [1.29, 1.82) is 0 Å². The summed E-state index contributed by atoms with van der Waals surface area (Å²) in [6.07, 6.45) is 0.879. The lowest BCUT2D eigenvalue weighted by Crippen LogP contribution is -2.46. The molecule has 2 aromatic carbocycles. The van der Waals surface area contributed by atoms with E-state index in [0.717, 1.165) is 16.7 Å². The summed E-state index contributed by atoms with van der Waals surface area (Å²) in [4.78, 5) is 0.512. The maximum Gasteiger partial charge on any atom is 0.243 e. The Morgan fingerprint density at radius 3 is 1.96 bits per heavy atom. The molecule has 0 aromatic heterocycles. The SMILES string of the molecule is Cc1ccc(S(=O)(=O)N2CCC(NS(=O)(=O)c3ccc(C)c(C)c3)CC2)cc1. The van der Waals surface area contributed by atoms with Crippen molar-refractivity contribution in [1.82, 2.24) is 9.03 Å². The molecule has 1 saturated heterocycles. The molecule has 8 heteroatoms. The van der Waals surface area contributed by atoms with E-state index in [2.05, 4.69) is 4.72 Å². The van der Waals surface area contributed by atoms with Crippen LogP contribution in [-0.2, 0) is 20.0 Å². The van der Waals surface area contributed by atoms with E-state index in [9.17, 15) is 16.8 Å². The molecule has 0 bridgehead atoms. The van der Waals surface area contributed by atoms with Crippen molar-refractivity contribution in [2.24, 2.45) is 0 Å². The topological polar surface area (TPSA) is 83.6 Å². The third kappa shape index (κ3) is 4.46. The molecule has 0 amide bonds. The molecule has 152 valence electrons. The first-order chi connectivity index (χ1) is 13.1. The van der Waals surface area contributed by atoms with Crippen LogP contribution in [0.25, 0.3) is 0 Å². The number of hydrogen-bond acceptors (Lipinski definition) is 4. The van der Waals surface area contributed by atoms with Gasteiger partial charge in [-0.2, -0.15) is 4.31 Å². The van der Waals surface area contributed by atoms with E-state index in [-0.39, 0.29) is 28.9 Å². The first-order valence-electron chi connectivity index (χ1n) is 9.26. The third-order valence-electron chi connectivity index (χ3n) is 5.22. The predicted octanol–water partition coefficient (Wildman–Crippen LogP) is 2.74. The highest BCUT2D eigenvalue weighted by Gasteiger charge is 2.31. The number of hydrogen-bond donors (Lipinski definition) is 1. The fourth-order valence-corrected chi connectivity index (χ4v) is 6.10. The Balaban J connectivity index is 1.66. The predicted molar refractivity (Wildman–Crippen MR) is 109 cm³/mol. The molecule has 2 aromatic rings. The Morgan fingerprint density at radius 2 is 1.39 bits per heavy atom. The highest BCUT2D eigenvalue weighted by atomic mass is 32.2. The first kappa shape index (κ1) is 21.0. The summed E-state index contributed by atoms with van der Waals surface area (Å²) in [7, 11) is -7.18. The Kier molecular flexibility index (Phi) is 5.95. The lowest BCUT2D eigenvalue weighted by Gasteiger charge is -2.31. The smallest absolute Gasteiger partial charge is 0.208 e. The van der Waals surface area contributed by atoms with Crippen molar-refractivity contribution >= 4 is 20.0 Å². The minimum atomic E-state index is -3.63. The normalized spacial score (nSPS) is 17.0. The number of aryl methyl sites for hydroxylation is 3. The molecule has 1 aliphatic rings. The minimum absolute atomic E-state index is 0.241. The molecule has 0 atom stereocenters. The van der Waals surface area contributed by atoms with Crippen LogP contribution >= 0.6 is 0 Å². The van der Waals surface area contributed by atoms with Gasteiger partial charge in [0.15, 0.2) is 0 Å². The summed E-state index contributed by atoms with van der Waals surface area (Å²) in [6, 6.07) is 11.5. The van der Waals surface area contributed by atoms with Crippen LogP contribution in [0, 0.1) is 20.8 Å². The van der Waals surface area contributed by atoms with Crippen LogP contribution in [0.1, 0.15) is 29.5 Å². The summed E-state index contributed by atoms with van der Waals surface area (Å²) in [5, 5.41) is 0. The average Bonchev–Trinajstić information content (AvgIpc) is 2.64. The van der Waals surface area contributed by atoms with Crippen LogP contribution in [0.5, 0.6) is 0 Å². The lowest BCUT2D eigenvalue weighted by molar-refractivity contribution is 0.308. The Hall–Kier alpha value is -1.74. The van der Waals surface area contributed by atoms with E-state index >= 15 is 0 Å². The minimum Gasteiger partial charge on any atom is -0.208 e. The molecule has 1 heterocycles. The number of nitrogens with one attached hydrogen (secondary N) is 1. The maximum atomic E-state index is 12.8. The fraction of sp³-hybridized carbons (Fsp3) is 0.400. The Labute approximate surface area is 167 Å². The summed E-state index contributed by atoms with van der Waals surface area (Å²) < 4.78 is 55.0. The molecule has 6 nitrogen and oxygen atoms in total. The van der Waals surface area contributed by atoms with E-state index < -0.39 is 20.0 Å². The van der Waals surface area contributed by atoms with Crippen LogP contribution in [0.3, 0.4) is 0 Å². The number of sulfonamides is 2. The molecular formula is C20H26N2O4S2. The highest BCUT2D eigenvalue weighted by Crippen LogP contribution is 2.22. The molecule has 0 unspecified atom stereocenters. The van der Waals surface area contributed by atoms with Crippen LogP contribution < -0.4 is 4.72 Å². The van der Waals surface area contributed by atoms with Crippen LogP contribution in [0.15, 0.2) is 52.3 Å². The van der Waals surface area contributed by atoms with E-state index in [1.807, 2.05) is 20.8 Å². The second kappa shape index (κ2) is 7.94. The van der Waals surface area contributed by atoms with Crippen molar-refractivity contribution in [2.75, 3.05) is 13.1 Å². The van der Waals surface area contributed by atoms with Gasteiger partial charge in [-0.3, -0.25) is 0 Å². The van der Waals surface area contributed by atoms with Gasteiger partial charge in [-0.15, -0.1) is 0 Å². The number of benzene rings is 2. The van der Waals surface area contributed by atoms with Crippen molar-refractivity contribution in [2.45, 2.75) is 49.4 Å². The molecule has 0 spiro atoms. The number of nitrogens with zero attached hydrogens (tertiary/aromatic N) is 1. The standard InChI is InChI=1S/C20H26N2O4S2/c1-15-4-7-19(8-5-15)28(25,26)22-12-10-18(11-13-22)21-27(23,24)20-9-6-16(2)17(3)14-20/h4-9,14,18,21H,10-13H2,1-3H3. The number of piperidine rings is 1. The zero-order valence-electron chi connectivity index (χ0n) is 16.3. The summed E-state index contributed by atoms with van der Waals surface area (Å²) in [6.45, 7) is 6.29. The molecule has 1 fully saturated rings. The fourth-order valence-electron chi connectivity index (χ4n) is 3.24. The monoisotopic (exact) mass is 422 g/mol. The van der Waals surface area contributed by atoms with Crippen molar-refractivity contribution in [3.8, 4) is 0 Å². The molecule has 28 heavy (non-hydrogen) atoms. The average molecular weight is 423 g/mol. The molecule has 0 saturated carbocycles. The second-order valence-corrected chi connectivity index (χ2v) is 11.0. The molecule has 3 rings (SSSR count). The second-order valence-electron chi connectivity index (χ2n) is 7.36. The number of rotatable bonds is 5. The molecule has 0 radical (unpaired) electrons. The molecule has 1 aliphatic heterocycles. The van der Waals surface area contributed by atoms with Crippen molar-refractivity contribution in [3.05, 3.63) is 59.2 Å². The molecule has 0 aliphatic carbocycles. The Bertz CT molecular complexity index is 1050.